The van der Waals surface area contributed by atoms with Gasteiger partial charge < -0.3 is 15.1 Å². The second-order valence-corrected chi connectivity index (χ2v) is 5.36. The molecule has 0 aliphatic heterocycles. The van der Waals surface area contributed by atoms with Crippen molar-refractivity contribution < 1.29 is 14.0 Å². The largest absolute Gasteiger partial charge is 0.469 e. The molecule has 0 bridgehead atoms. The number of amides is 2. The zero-order valence-corrected chi connectivity index (χ0v) is 12.2. The third kappa shape index (κ3) is 3.19. The molecular weight excluding hydrogens is 280 g/mol. The topological polar surface area (TPSA) is 71.3 Å². The number of furan rings is 1. The summed E-state index contributed by atoms with van der Waals surface area (Å²) in [5.41, 5.74) is 1.60. The number of hydrogen-bond donors (Lipinski definition) is 2. The van der Waals surface area contributed by atoms with E-state index in [1.807, 2.05) is 12.1 Å². The Bertz CT molecular complexity index is 664. The van der Waals surface area contributed by atoms with Crippen molar-refractivity contribution in [3.63, 3.8) is 0 Å². The lowest BCUT2D eigenvalue weighted by Crippen LogP contribution is -2.39. The Kier molecular flexibility index (Phi) is 4.23. The zero-order valence-electron chi connectivity index (χ0n) is 12.2. The van der Waals surface area contributed by atoms with Crippen molar-refractivity contribution in [2.75, 3.05) is 6.54 Å². The molecule has 1 aromatic heterocycles. The van der Waals surface area contributed by atoms with Crippen molar-refractivity contribution in [3.05, 3.63) is 59.5 Å². The molecule has 0 saturated carbocycles. The van der Waals surface area contributed by atoms with Gasteiger partial charge in [0.1, 0.15) is 5.76 Å². The fraction of sp³-hybridized carbons (Fsp3) is 0.294. The Labute approximate surface area is 128 Å². The highest BCUT2D eigenvalue weighted by Gasteiger charge is 2.23. The highest BCUT2D eigenvalue weighted by molar-refractivity contribution is 5.96. The predicted octanol–water partition coefficient (Wildman–Crippen LogP) is 2.20. The van der Waals surface area contributed by atoms with Gasteiger partial charge in [-0.3, -0.25) is 9.59 Å². The molecule has 0 spiro atoms. The van der Waals surface area contributed by atoms with Gasteiger partial charge in [0.25, 0.3) is 5.91 Å². The fourth-order valence-electron chi connectivity index (χ4n) is 2.73. The first-order chi connectivity index (χ1) is 10.7. The molecule has 2 aromatic rings. The van der Waals surface area contributed by atoms with E-state index in [4.69, 9.17) is 4.42 Å². The van der Waals surface area contributed by atoms with E-state index in [0.717, 1.165) is 30.6 Å². The Hall–Kier alpha value is -2.56. The van der Waals surface area contributed by atoms with Crippen LogP contribution in [0.5, 0.6) is 0 Å². The maximum atomic E-state index is 12.0. The third-order valence-electron chi connectivity index (χ3n) is 3.83. The lowest BCUT2D eigenvalue weighted by Gasteiger charge is -2.22. The lowest BCUT2D eigenvalue weighted by molar-refractivity contribution is -0.121. The van der Waals surface area contributed by atoms with Gasteiger partial charge in [0, 0.05) is 17.5 Å². The first kappa shape index (κ1) is 14.4. The van der Waals surface area contributed by atoms with Gasteiger partial charge in [-0.25, -0.2) is 0 Å². The summed E-state index contributed by atoms with van der Waals surface area (Å²) in [6, 6.07) is 10.7. The summed E-state index contributed by atoms with van der Waals surface area (Å²) in [6.07, 6.45) is 4.46. The van der Waals surface area contributed by atoms with Crippen molar-refractivity contribution in [3.8, 4) is 0 Å². The van der Waals surface area contributed by atoms with Crippen LogP contribution in [-0.4, -0.2) is 18.4 Å². The molecule has 1 aliphatic carbocycles. The molecule has 0 saturated heterocycles. The first-order valence-corrected chi connectivity index (χ1v) is 7.43. The quantitative estimate of drug-likeness (QED) is 0.909. The minimum atomic E-state index is -0.247. The maximum absolute atomic E-state index is 12.0. The number of hydrogen-bond acceptors (Lipinski definition) is 3. The highest BCUT2D eigenvalue weighted by Crippen LogP contribution is 2.30. The van der Waals surface area contributed by atoms with Crippen LogP contribution in [0.1, 0.15) is 40.6 Å². The molecule has 5 heteroatoms. The second-order valence-electron chi connectivity index (χ2n) is 5.36. The molecule has 1 aliphatic rings. The molecule has 1 aromatic carbocycles. The molecular formula is C17H18N2O3. The Morgan fingerprint density at radius 3 is 2.82 bits per heavy atom. The van der Waals surface area contributed by atoms with Gasteiger partial charge in [0.15, 0.2) is 0 Å². The fourth-order valence-corrected chi connectivity index (χ4v) is 2.73. The molecule has 1 unspecified atom stereocenters. The average molecular weight is 298 g/mol. The van der Waals surface area contributed by atoms with Crippen molar-refractivity contribution in [2.24, 2.45) is 0 Å². The molecule has 0 fully saturated rings. The van der Waals surface area contributed by atoms with Gasteiger partial charge in [0.05, 0.1) is 18.8 Å². The van der Waals surface area contributed by atoms with E-state index < -0.39 is 0 Å². The number of nitrogens with one attached hydrogen (secondary N) is 2. The minimum absolute atomic E-state index is 0.0244. The maximum Gasteiger partial charge on any atom is 0.251 e. The molecule has 114 valence electrons. The standard InChI is InChI=1S/C17H18N2O3/c20-16(11-18-17(21)12-5-2-1-3-6-12)19-14-7-4-8-15-13(14)9-10-22-15/h1-3,5-6,9-10,14H,4,7-8,11H2,(H,18,21)(H,19,20). The molecule has 0 radical (unpaired) electrons. The second kappa shape index (κ2) is 6.47. The van der Waals surface area contributed by atoms with Crippen LogP contribution in [0.3, 0.4) is 0 Å². The highest BCUT2D eigenvalue weighted by atomic mass is 16.3. The summed E-state index contributed by atoms with van der Waals surface area (Å²) in [5, 5.41) is 5.59. The molecule has 2 amide bonds. The zero-order chi connectivity index (χ0) is 15.4. The smallest absolute Gasteiger partial charge is 0.251 e. The van der Waals surface area contributed by atoms with E-state index in [9.17, 15) is 9.59 Å². The van der Waals surface area contributed by atoms with Crippen LogP contribution < -0.4 is 10.6 Å². The molecule has 1 heterocycles. The normalized spacial score (nSPS) is 16.6. The molecule has 5 nitrogen and oxygen atoms in total. The molecule has 22 heavy (non-hydrogen) atoms. The Morgan fingerprint density at radius 2 is 2.00 bits per heavy atom. The molecule has 1 atom stereocenters. The average Bonchev–Trinajstić information content (AvgIpc) is 3.03. The summed E-state index contributed by atoms with van der Waals surface area (Å²) in [7, 11) is 0. The van der Waals surface area contributed by atoms with Crippen LogP contribution in [0.25, 0.3) is 0 Å². The Morgan fingerprint density at radius 1 is 1.18 bits per heavy atom. The van der Waals surface area contributed by atoms with Crippen molar-refractivity contribution in [2.45, 2.75) is 25.3 Å². The van der Waals surface area contributed by atoms with Crippen LogP contribution in [0.4, 0.5) is 0 Å². The lowest BCUT2D eigenvalue weighted by atomic mass is 9.93. The van der Waals surface area contributed by atoms with Crippen LogP contribution in [0.15, 0.2) is 47.1 Å². The van der Waals surface area contributed by atoms with Crippen LogP contribution in [0.2, 0.25) is 0 Å². The van der Waals surface area contributed by atoms with E-state index >= 15 is 0 Å². The van der Waals surface area contributed by atoms with E-state index in [1.165, 1.54) is 0 Å². The summed E-state index contributed by atoms with van der Waals surface area (Å²) >= 11 is 0. The van der Waals surface area contributed by atoms with E-state index in [2.05, 4.69) is 10.6 Å². The van der Waals surface area contributed by atoms with Gasteiger partial charge in [0.2, 0.25) is 5.91 Å². The SMILES string of the molecule is O=C(CNC(=O)c1ccccc1)NC1CCCc2occc21. The van der Waals surface area contributed by atoms with Crippen LogP contribution in [0, 0.1) is 0 Å². The molecule has 2 N–H and O–H groups in total. The number of aryl methyl sites for hydroxylation is 1. The van der Waals surface area contributed by atoms with Crippen LogP contribution in [-0.2, 0) is 11.2 Å². The summed E-state index contributed by atoms with van der Waals surface area (Å²) in [4.78, 5) is 23.9. The van der Waals surface area contributed by atoms with Crippen molar-refractivity contribution in [1.82, 2.24) is 10.6 Å². The van der Waals surface area contributed by atoms with E-state index in [1.54, 1.807) is 30.5 Å². The van der Waals surface area contributed by atoms with Gasteiger partial charge in [-0.15, -0.1) is 0 Å². The Balaban J connectivity index is 1.53. The number of carbonyl (C=O) groups is 2. The number of rotatable bonds is 4. The van der Waals surface area contributed by atoms with Crippen LogP contribution >= 0.6 is 0 Å². The van der Waals surface area contributed by atoms with Gasteiger partial charge in [-0.2, -0.15) is 0 Å². The number of carbonyl (C=O) groups excluding carboxylic acids is 2. The van der Waals surface area contributed by atoms with E-state index in [-0.39, 0.29) is 24.4 Å². The van der Waals surface area contributed by atoms with E-state index in [0.29, 0.717) is 5.56 Å². The summed E-state index contributed by atoms with van der Waals surface area (Å²) in [6.45, 7) is -0.0303. The summed E-state index contributed by atoms with van der Waals surface area (Å²) < 4.78 is 5.40. The number of fused-ring (bicyclic) bond motifs is 1. The van der Waals surface area contributed by atoms with Gasteiger partial charge in [-0.1, -0.05) is 18.2 Å². The molecule has 3 rings (SSSR count). The predicted molar refractivity (Wildman–Crippen MR) is 81.3 cm³/mol. The van der Waals surface area contributed by atoms with Gasteiger partial charge in [-0.05, 0) is 31.0 Å². The summed E-state index contributed by atoms with van der Waals surface area (Å²) in [5.74, 6) is 0.511. The van der Waals surface area contributed by atoms with Crippen molar-refractivity contribution in [1.29, 1.82) is 0 Å². The van der Waals surface area contributed by atoms with Crippen molar-refractivity contribution >= 4 is 11.8 Å². The monoisotopic (exact) mass is 298 g/mol. The first-order valence-electron chi connectivity index (χ1n) is 7.43. The number of benzene rings is 1. The minimum Gasteiger partial charge on any atom is -0.469 e. The third-order valence-corrected chi connectivity index (χ3v) is 3.83. The van der Waals surface area contributed by atoms with Gasteiger partial charge >= 0.3 is 0 Å².